The molecule has 0 saturated heterocycles. The Morgan fingerprint density at radius 3 is 1.23 bits per heavy atom. The van der Waals surface area contributed by atoms with Gasteiger partial charge in [-0.2, -0.15) is 0 Å². The molecule has 0 aliphatic carbocycles. The van der Waals surface area contributed by atoms with Gasteiger partial charge in [-0.1, -0.05) is 0 Å². The second-order valence-electron chi connectivity index (χ2n) is 10.1. The molecule has 0 aliphatic rings. The largest absolute Gasteiger partial charge is 0.504 e. The summed E-state index contributed by atoms with van der Waals surface area (Å²) >= 11 is 0. The highest BCUT2D eigenvalue weighted by Gasteiger charge is 2.44. The Bertz CT molecular complexity index is 1350. The molecule has 0 unspecified atom stereocenters. The third-order valence-corrected chi connectivity index (χ3v) is 8.55. The van der Waals surface area contributed by atoms with Crippen LogP contribution in [0.1, 0.15) is 41.5 Å². The Labute approximate surface area is 227 Å². The first-order chi connectivity index (χ1) is 17.8. The van der Waals surface area contributed by atoms with E-state index in [1.54, 1.807) is 41.5 Å². The minimum atomic E-state index is -4.81. The van der Waals surface area contributed by atoms with E-state index in [2.05, 4.69) is 4.79 Å². The van der Waals surface area contributed by atoms with E-state index in [1.807, 2.05) is 0 Å². The maximum Gasteiger partial charge on any atom is 0.504 e. The van der Waals surface area contributed by atoms with Crippen molar-refractivity contribution in [2.45, 2.75) is 62.5 Å². The van der Waals surface area contributed by atoms with E-state index in [9.17, 15) is 32.0 Å². The van der Waals surface area contributed by atoms with Crippen LogP contribution in [0.5, 0.6) is 11.5 Å². The second-order valence-corrected chi connectivity index (χ2v) is 14.1. The van der Waals surface area contributed by atoms with Crippen LogP contribution in [0.15, 0.2) is 58.3 Å². The van der Waals surface area contributed by atoms with E-state index in [1.165, 1.54) is 24.3 Å². The fourth-order valence-electron chi connectivity index (χ4n) is 2.91. The molecule has 212 valence electrons. The lowest BCUT2D eigenvalue weighted by Gasteiger charge is -2.19. The molecule has 0 bridgehead atoms. The Hall–Kier alpha value is -3.74. The van der Waals surface area contributed by atoms with E-state index >= 15 is 0 Å². The van der Waals surface area contributed by atoms with Crippen molar-refractivity contribution in [3.8, 4) is 11.5 Å². The number of rotatable bonds is 8. The fourth-order valence-corrected chi connectivity index (χ4v) is 6.25. The van der Waals surface area contributed by atoms with Gasteiger partial charge in [0.1, 0.15) is 22.7 Å². The topological polar surface area (TPSA) is 176 Å². The van der Waals surface area contributed by atoms with Gasteiger partial charge >= 0.3 is 16.3 Å². The van der Waals surface area contributed by atoms with Crippen LogP contribution in [-0.4, -0.2) is 62.4 Å². The first-order valence-corrected chi connectivity index (χ1v) is 14.4. The number of hydrogen-bond acceptors (Lipinski definition) is 10. The van der Waals surface area contributed by atoms with Crippen molar-refractivity contribution in [1.82, 2.24) is 0 Å². The summed E-state index contributed by atoms with van der Waals surface area (Å²) in [6.45, 7) is 9.27. The van der Waals surface area contributed by atoms with Crippen molar-refractivity contribution in [2.24, 2.45) is 0 Å². The first kappa shape index (κ1) is 31.5. The van der Waals surface area contributed by atoms with E-state index < -0.39 is 70.2 Å². The smallest absolute Gasteiger partial charge is 0.482 e. The molecule has 14 heteroatoms. The molecule has 2 aromatic rings. The van der Waals surface area contributed by atoms with Gasteiger partial charge in [-0.3, -0.25) is 0 Å². The normalized spacial score (nSPS) is 12.2. The first-order valence-electron chi connectivity index (χ1n) is 11.5. The summed E-state index contributed by atoms with van der Waals surface area (Å²) in [6, 6.07) is 8.96. The SMILES string of the molecule is CC(C)(C)OC(=O)COc1ccc(S(=O)(=O)C(=[N+]=[N-])S(=O)(=O)c2ccc(OCC(=O)OC(C)(C)C)cc2)cc1. The molecule has 0 radical (unpaired) electrons. The number of nitrogens with zero attached hydrogens (tertiary/aromatic N) is 2. The standard InChI is InChI=1S/C25H30N2O10S2/c1-24(2,3)36-21(28)15-34-17-7-11-19(12-8-17)38(30,31)23(27-26)39(32,33)20-13-9-18(10-14-20)35-16-22(29)37-25(4,5)6/h7-14H,15-16H2,1-6H3. The molecule has 2 rings (SSSR count). The van der Waals surface area contributed by atoms with Crippen LogP contribution in [-0.2, 0) is 38.7 Å². The number of esters is 2. The van der Waals surface area contributed by atoms with Gasteiger partial charge in [0.25, 0.3) is 19.7 Å². The average Bonchev–Trinajstić information content (AvgIpc) is 2.80. The summed E-state index contributed by atoms with van der Waals surface area (Å²) in [6.07, 6.45) is 0. The molecular formula is C25H30N2O10S2. The molecule has 0 aliphatic heterocycles. The van der Waals surface area contributed by atoms with Crippen molar-refractivity contribution in [2.75, 3.05) is 13.2 Å². The Balaban J connectivity index is 2.16. The maximum absolute atomic E-state index is 13.0. The van der Waals surface area contributed by atoms with Gasteiger partial charge in [0, 0.05) is 0 Å². The average molecular weight is 583 g/mol. The highest BCUT2D eigenvalue weighted by atomic mass is 32.3. The highest BCUT2D eigenvalue weighted by molar-refractivity contribution is 8.31. The van der Waals surface area contributed by atoms with Crippen LogP contribution in [0.4, 0.5) is 0 Å². The van der Waals surface area contributed by atoms with Crippen LogP contribution in [0, 0.1) is 0 Å². The monoisotopic (exact) mass is 582 g/mol. The zero-order valence-corrected chi connectivity index (χ0v) is 24.0. The van der Waals surface area contributed by atoms with Crippen LogP contribution >= 0.6 is 0 Å². The number of hydrogen-bond donors (Lipinski definition) is 0. The third-order valence-electron chi connectivity index (χ3n) is 4.36. The van der Waals surface area contributed by atoms with E-state index in [4.69, 9.17) is 18.9 Å². The van der Waals surface area contributed by atoms with Gasteiger partial charge in [-0.15, -0.1) is 4.79 Å². The van der Waals surface area contributed by atoms with Gasteiger partial charge in [-0.05, 0) is 90.1 Å². The van der Waals surface area contributed by atoms with Gasteiger partial charge in [-0.25, -0.2) is 26.4 Å². The van der Waals surface area contributed by atoms with E-state index in [0.29, 0.717) is 0 Å². The lowest BCUT2D eigenvalue weighted by Crippen LogP contribution is -2.27. The predicted molar refractivity (Wildman–Crippen MR) is 139 cm³/mol. The Kier molecular flexibility index (Phi) is 9.66. The quantitative estimate of drug-likeness (QED) is 0.148. The summed E-state index contributed by atoms with van der Waals surface area (Å²) in [5.41, 5.74) is 7.96. The lowest BCUT2D eigenvalue weighted by molar-refractivity contribution is -0.158. The fraction of sp³-hybridized carbons (Fsp3) is 0.400. The van der Waals surface area contributed by atoms with Gasteiger partial charge in [0.2, 0.25) is 0 Å². The third kappa shape index (κ3) is 9.20. The predicted octanol–water partition coefficient (Wildman–Crippen LogP) is 2.96. The molecular weight excluding hydrogens is 552 g/mol. The van der Waals surface area contributed by atoms with Crippen LogP contribution < -0.4 is 9.47 Å². The Morgan fingerprint density at radius 2 is 0.974 bits per heavy atom. The molecule has 0 fully saturated rings. The van der Waals surface area contributed by atoms with Gasteiger partial charge in [0.05, 0.1) is 9.79 Å². The summed E-state index contributed by atoms with van der Waals surface area (Å²) in [5, 5.41) is 0. The zero-order valence-electron chi connectivity index (χ0n) is 22.3. The molecule has 0 saturated carbocycles. The Morgan fingerprint density at radius 1 is 0.667 bits per heavy atom. The van der Waals surface area contributed by atoms with Crippen molar-refractivity contribution < 1.29 is 50.2 Å². The van der Waals surface area contributed by atoms with Crippen molar-refractivity contribution in [3.05, 3.63) is 54.1 Å². The minimum absolute atomic E-state index is 0.118. The molecule has 12 nitrogen and oxygen atoms in total. The maximum atomic E-state index is 13.0. The van der Waals surface area contributed by atoms with Crippen LogP contribution in [0.3, 0.4) is 0 Å². The second kappa shape index (κ2) is 12.0. The molecule has 0 N–H and O–H groups in total. The van der Waals surface area contributed by atoms with Gasteiger partial charge in [0.15, 0.2) is 13.2 Å². The number of ether oxygens (including phenoxy) is 4. The van der Waals surface area contributed by atoms with E-state index in [0.717, 1.165) is 24.3 Å². The van der Waals surface area contributed by atoms with Crippen molar-refractivity contribution in [1.29, 1.82) is 0 Å². The van der Waals surface area contributed by atoms with Crippen molar-refractivity contribution >= 4 is 36.0 Å². The van der Waals surface area contributed by atoms with Crippen LogP contribution in [0.2, 0.25) is 0 Å². The number of carbonyl (C=O) groups excluding carboxylic acids is 2. The summed E-state index contributed by atoms with van der Waals surface area (Å²) < 4.78 is 71.3. The minimum Gasteiger partial charge on any atom is -0.482 e. The molecule has 2 aromatic carbocycles. The van der Waals surface area contributed by atoms with Crippen LogP contribution in [0.25, 0.3) is 5.53 Å². The van der Waals surface area contributed by atoms with Gasteiger partial charge < -0.3 is 24.5 Å². The molecule has 0 amide bonds. The molecule has 0 spiro atoms. The summed E-state index contributed by atoms with van der Waals surface area (Å²) in [7, 11) is -9.61. The lowest BCUT2D eigenvalue weighted by atomic mass is 10.2. The zero-order chi connectivity index (χ0) is 29.6. The number of sulfone groups is 2. The molecule has 39 heavy (non-hydrogen) atoms. The van der Waals surface area contributed by atoms with Crippen molar-refractivity contribution in [3.63, 3.8) is 0 Å². The number of carbonyl (C=O) groups is 2. The summed E-state index contributed by atoms with van der Waals surface area (Å²) in [5.74, 6) is -1.04. The van der Waals surface area contributed by atoms with E-state index in [-0.39, 0.29) is 11.5 Å². The molecule has 0 aromatic heterocycles. The molecule has 0 heterocycles. The highest BCUT2D eigenvalue weighted by Crippen LogP contribution is 2.24. The number of benzene rings is 2. The molecule has 0 atom stereocenters. The summed E-state index contributed by atoms with van der Waals surface area (Å²) in [4.78, 5) is 25.1.